The Bertz CT molecular complexity index is 1210. The van der Waals surface area contributed by atoms with E-state index in [4.69, 9.17) is 0 Å². The zero-order chi connectivity index (χ0) is 41.4. The molecule has 0 aliphatic carbocycles. The molecule has 2 unspecified atom stereocenters. The van der Waals surface area contributed by atoms with E-state index < -0.39 is 115 Å². The van der Waals surface area contributed by atoms with Crippen LogP contribution in [0.4, 0.5) is 123 Å². The Hall–Kier alpha value is -2.49. The van der Waals surface area contributed by atoms with Crippen LogP contribution in [0.2, 0.25) is 0 Å². The zero-order valence-corrected chi connectivity index (χ0v) is 23.0. The Labute approximate surface area is 256 Å². The molecule has 30 heteroatoms. The highest BCUT2D eigenvalue weighted by Crippen LogP contribution is 2.64. The van der Waals surface area contributed by atoms with E-state index in [1.54, 1.807) is 0 Å². The van der Waals surface area contributed by atoms with Gasteiger partial charge in [-0.25, -0.2) is 4.79 Å². The summed E-state index contributed by atoms with van der Waals surface area (Å²) in [6.45, 7) is -0.350. The average molecular weight is 816 g/mol. The minimum absolute atomic E-state index is 0.270. The number of hydrogen-bond acceptors (Lipinski definition) is 2. The number of carbonyl (C=O) groups excluding carboxylic acids is 1. The molecule has 0 aliphatic rings. The van der Waals surface area contributed by atoms with Crippen LogP contribution < -0.4 is 0 Å². The van der Waals surface area contributed by atoms with Gasteiger partial charge in [0.2, 0.25) is 0 Å². The molecule has 0 rings (SSSR count). The summed E-state index contributed by atoms with van der Waals surface area (Å²) in [6.07, 6.45) is -23.5. The molecule has 50 heavy (non-hydrogen) atoms. The van der Waals surface area contributed by atoms with Crippen molar-refractivity contribution in [2.24, 2.45) is 5.92 Å². The van der Waals surface area contributed by atoms with E-state index in [1.165, 1.54) is 0 Å². The Balaban J connectivity index is 6.67. The van der Waals surface area contributed by atoms with Gasteiger partial charge in [-0.2, -0.15) is 123 Å². The number of hydrogen-bond donors (Lipinski definition) is 0. The van der Waals surface area contributed by atoms with Crippen LogP contribution in [0.15, 0.2) is 0 Å². The lowest BCUT2D eigenvalue weighted by Gasteiger charge is -2.42. The predicted octanol–water partition coefficient (Wildman–Crippen LogP) is 10.4. The molecular formula is C20H12F28O2. The van der Waals surface area contributed by atoms with Crippen molar-refractivity contribution in [2.45, 2.75) is 110 Å². The third kappa shape index (κ3) is 6.42. The molecule has 0 aliphatic heterocycles. The normalized spacial score (nSPS) is 17.5. The molecular weight excluding hydrogens is 804 g/mol. The van der Waals surface area contributed by atoms with Crippen LogP contribution in [0.5, 0.6) is 0 Å². The van der Waals surface area contributed by atoms with Gasteiger partial charge >= 0.3 is 83.5 Å². The molecule has 0 saturated heterocycles. The maximum atomic E-state index is 14.2. The summed E-state index contributed by atoms with van der Waals surface area (Å²) in [5.41, 5.74) is 0. The van der Waals surface area contributed by atoms with Crippen molar-refractivity contribution in [2.75, 3.05) is 0 Å². The van der Waals surface area contributed by atoms with E-state index >= 15 is 0 Å². The average Bonchev–Trinajstić information content (AvgIpc) is 2.89. The molecule has 0 aromatic carbocycles. The molecule has 300 valence electrons. The van der Waals surface area contributed by atoms with Gasteiger partial charge in [0.1, 0.15) is 6.10 Å². The highest BCUT2D eigenvalue weighted by Gasteiger charge is 2.95. The van der Waals surface area contributed by atoms with Crippen molar-refractivity contribution in [3.05, 3.63) is 0 Å². The van der Waals surface area contributed by atoms with Gasteiger partial charge < -0.3 is 4.74 Å². The van der Waals surface area contributed by atoms with E-state index in [0.29, 0.717) is 0 Å². The van der Waals surface area contributed by atoms with Crippen LogP contribution in [0, 0.1) is 5.92 Å². The van der Waals surface area contributed by atoms with Crippen molar-refractivity contribution in [3.63, 3.8) is 0 Å². The van der Waals surface area contributed by atoms with Crippen LogP contribution in [0.25, 0.3) is 0 Å². The maximum Gasteiger partial charge on any atom is 0.460 e. The minimum atomic E-state index is -8.92. The SMILES string of the molecule is CCC(CC(C)C(F)(F)C(F)(F)C(F)(F)C(F)(F)C(F)(F)C(F)(F)F)OC(=O)C(F)(F)C(F)(F)C(F)(F)C(F)(F)C(F)(F)C(F)(F)C(F)(F)F. The molecule has 0 aromatic heterocycles. The third-order valence-electron chi connectivity index (χ3n) is 6.51. The Kier molecular flexibility index (Phi) is 12.0. The van der Waals surface area contributed by atoms with Crippen molar-refractivity contribution in [1.29, 1.82) is 0 Å². The third-order valence-corrected chi connectivity index (χ3v) is 6.51. The molecule has 0 amide bonds. The molecule has 0 saturated carbocycles. The first-order valence-electron chi connectivity index (χ1n) is 11.7. The highest BCUT2D eigenvalue weighted by molar-refractivity contribution is 5.79. The standard InChI is InChI=1S/C20H12F28O2/c1-3-6(4-5(2)8(21,22)10(25,26)12(29,30)15(35,36)17(39,40)19(43,44)45)50-7(49)9(23,24)11(27,28)13(31,32)14(33,34)16(37,38)18(41,42)20(46,47)48/h5-6H,3-4H2,1-2H3. The fourth-order valence-corrected chi connectivity index (χ4v) is 3.25. The van der Waals surface area contributed by atoms with E-state index in [-0.39, 0.29) is 6.92 Å². The van der Waals surface area contributed by atoms with Crippen LogP contribution >= 0.6 is 0 Å². The number of esters is 1. The van der Waals surface area contributed by atoms with Gasteiger partial charge in [-0.15, -0.1) is 0 Å². The summed E-state index contributed by atoms with van der Waals surface area (Å²) in [5.74, 6) is -100. The topological polar surface area (TPSA) is 26.3 Å². The predicted molar refractivity (Wildman–Crippen MR) is 100 cm³/mol. The molecule has 0 N–H and O–H groups in total. The van der Waals surface area contributed by atoms with Crippen molar-refractivity contribution >= 4 is 5.97 Å². The lowest BCUT2D eigenvalue weighted by atomic mass is 9.85. The number of ether oxygens (including phenoxy) is 1. The van der Waals surface area contributed by atoms with Crippen LogP contribution in [0.1, 0.15) is 26.7 Å². The second kappa shape index (κ2) is 12.6. The molecule has 0 radical (unpaired) electrons. The number of halogens is 28. The van der Waals surface area contributed by atoms with E-state index in [1.807, 2.05) is 0 Å². The second-order valence-corrected chi connectivity index (χ2v) is 9.93. The van der Waals surface area contributed by atoms with Gasteiger partial charge in [-0.1, -0.05) is 13.8 Å². The van der Waals surface area contributed by atoms with Gasteiger partial charge in [0.25, 0.3) is 0 Å². The number of carbonyl (C=O) groups is 1. The summed E-state index contributed by atoms with van der Waals surface area (Å²) in [5, 5.41) is 0. The molecule has 0 aromatic rings. The monoisotopic (exact) mass is 816 g/mol. The van der Waals surface area contributed by atoms with Crippen molar-refractivity contribution in [1.82, 2.24) is 0 Å². The number of alkyl halides is 28. The molecule has 0 heterocycles. The fraction of sp³-hybridized carbons (Fsp3) is 0.950. The van der Waals surface area contributed by atoms with Crippen LogP contribution in [-0.4, -0.2) is 89.6 Å². The Morgan fingerprint density at radius 2 is 0.700 bits per heavy atom. The highest BCUT2D eigenvalue weighted by atomic mass is 19.4. The summed E-state index contributed by atoms with van der Waals surface area (Å²) >= 11 is 0. The lowest BCUT2D eigenvalue weighted by molar-refractivity contribution is -0.450. The van der Waals surface area contributed by atoms with Gasteiger partial charge in [-0.05, 0) is 12.8 Å². The Morgan fingerprint density at radius 1 is 0.440 bits per heavy atom. The first-order chi connectivity index (χ1) is 21.2. The molecule has 0 fully saturated rings. The minimum Gasteiger partial charge on any atom is -0.458 e. The summed E-state index contributed by atoms with van der Waals surface area (Å²) in [4.78, 5) is 11.5. The van der Waals surface area contributed by atoms with E-state index in [9.17, 15) is 128 Å². The Morgan fingerprint density at radius 3 is 0.980 bits per heavy atom. The summed E-state index contributed by atoms with van der Waals surface area (Å²) in [6, 6.07) is 0. The molecule has 2 atom stereocenters. The van der Waals surface area contributed by atoms with Gasteiger partial charge in [0.15, 0.2) is 0 Å². The van der Waals surface area contributed by atoms with Crippen molar-refractivity contribution in [3.8, 4) is 0 Å². The van der Waals surface area contributed by atoms with Gasteiger partial charge in [0.05, 0.1) is 0 Å². The quantitative estimate of drug-likeness (QED) is 0.122. The van der Waals surface area contributed by atoms with Gasteiger partial charge in [0, 0.05) is 5.92 Å². The summed E-state index contributed by atoms with van der Waals surface area (Å²) in [7, 11) is 0. The van der Waals surface area contributed by atoms with Crippen molar-refractivity contribution < 1.29 is 132 Å². The second-order valence-electron chi connectivity index (χ2n) is 9.93. The largest absolute Gasteiger partial charge is 0.460 e. The fourth-order valence-electron chi connectivity index (χ4n) is 3.25. The first-order valence-corrected chi connectivity index (χ1v) is 11.7. The van der Waals surface area contributed by atoms with Gasteiger partial charge in [-0.3, -0.25) is 0 Å². The molecule has 0 bridgehead atoms. The number of rotatable bonds is 15. The lowest BCUT2D eigenvalue weighted by Crippen LogP contribution is -2.73. The maximum absolute atomic E-state index is 14.2. The van der Waals surface area contributed by atoms with Crippen LogP contribution in [-0.2, 0) is 9.53 Å². The van der Waals surface area contributed by atoms with Crippen LogP contribution in [0.3, 0.4) is 0 Å². The molecule has 2 nitrogen and oxygen atoms in total. The smallest absolute Gasteiger partial charge is 0.458 e. The van der Waals surface area contributed by atoms with E-state index in [2.05, 4.69) is 4.74 Å². The zero-order valence-electron chi connectivity index (χ0n) is 23.0. The molecule has 0 spiro atoms. The summed E-state index contributed by atoms with van der Waals surface area (Å²) < 4.78 is 375. The first kappa shape index (κ1) is 47.5. The van der Waals surface area contributed by atoms with E-state index in [0.717, 1.165) is 0 Å².